The third-order valence-electron chi connectivity index (χ3n) is 8.09. The summed E-state index contributed by atoms with van der Waals surface area (Å²) in [5, 5.41) is 3.92. The molecule has 2 aromatic rings. The summed E-state index contributed by atoms with van der Waals surface area (Å²) in [4.78, 5) is 4.85. The molecule has 1 aromatic carbocycles. The lowest BCUT2D eigenvalue weighted by molar-refractivity contribution is -0.104. The molecule has 0 radical (unpaired) electrons. The van der Waals surface area contributed by atoms with Crippen molar-refractivity contribution in [2.75, 3.05) is 20.3 Å². The minimum atomic E-state index is 0.0822. The largest absolute Gasteiger partial charge is 0.377 e. The van der Waals surface area contributed by atoms with E-state index in [1.54, 1.807) is 0 Å². The van der Waals surface area contributed by atoms with Gasteiger partial charge in [0, 0.05) is 37.1 Å². The highest BCUT2D eigenvalue weighted by Crippen LogP contribution is 2.49. The molecular weight excluding hydrogens is 384 g/mol. The first-order chi connectivity index (χ1) is 15.2. The van der Waals surface area contributed by atoms with E-state index in [1.165, 1.54) is 42.5 Å². The fourth-order valence-electron chi connectivity index (χ4n) is 6.49. The third-order valence-corrected chi connectivity index (χ3v) is 8.09. The van der Waals surface area contributed by atoms with Crippen LogP contribution >= 0.6 is 0 Å². The number of benzene rings is 1. The summed E-state index contributed by atoms with van der Waals surface area (Å²) < 4.78 is 12.2. The lowest BCUT2D eigenvalue weighted by Gasteiger charge is -2.46. The van der Waals surface area contributed by atoms with Crippen molar-refractivity contribution < 1.29 is 9.47 Å². The number of hydrogen-bond acceptors (Lipinski definition) is 4. The second-order valence-electron chi connectivity index (χ2n) is 9.85. The van der Waals surface area contributed by atoms with Gasteiger partial charge in [-0.15, -0.1) is 0 Å². The molecular formula is C27H36N2O2. The molecule has 1 aliphatic heterocycles. The zero-order valence-corrected chi connectivity index (χ0v) is 18.8. The van der Waals surface area contributed by atoms with E-state index in [4.69, 9.17) is 14.5 Å². The third kappa shape index (κ3) is 4.18. The maximum atomic E-state index is 6.41. The Bertz CT molecular complexity index is 865. The zero-order chi connectivity index (χ0) is 21.2. The molecule has 5 rings (SSSR count). The average molecular weight is 421 g/mol. The van der Waals surface area contributed by atoms with Crippen molar-refractivity contribution in [2.45, 2.75) is 80.9 Å². The van der Waals surface area contributed by atoms with Gasteiger partial charge in [-0.25, -0.2) is 0 Å². The summed E-state index contributed by atoms with van der Waals surface area (Å²) in [5.41, 5.74) is 4.21. The molecule has 2 fully saturated rings. The van der Waals surface area contributed by atoms with Gasteiger partial charge in [0.25, 0.3) is 0 Å². The first-order valence-corrected chi connectivity index (χ1v) is 12.1. The van der Waals surface area contributed by atoms with E-state index in [-0.39, 0.29) is 17.1 Å². The van der Waals surface area contributed by atoms with Gasteiger partial charge in [0.05, 0.1) is 11.7 Å². The number of nitrogens with one attached hydrogen (secondary N) is 1. The van der Waals surface area contributed by atoms with E-state index in [9.17, 15) is 0 Å². The Balaban J connectivity index is 1.33. The number of pyridine rings is 1. The Morgan fingerprint density at radius 2 is 1.84 bits per heavy atom. The summed E-state index contributed by atoms with van der Waals surface area (Å²) in [6.45, 7) is 1.86. The molecule has 31 heavy (non-hydrogen) atoms. The predicted octanol–water partition coefficient (Wildman–Crippen LogP) is 5.64. The first kappa shape index (κ1) is 21.1. The standard InChI is InChI=1S/C27H36N2O2/c1-30-24-12-11-23(21-8-2-3-9-22(21)24)28-18-15-26(25-10-4-7-17-29-25)16-19-31-27(20-26)13-5-6-14-27/h2-4,7-10,17,23-24,28H,5-6,11-16,18-20H2,1H3/t23-,24+,26+/m0/s1. The molecule has 4 heteroatoms. The molecule has 1 aromatic heterocycles. The van der Waals surface area contributed by atoms with Crippen LogP contribution in [0.4, 0.5) is 0 Å². The normalized spacial score (nSPS) is 29.7. The lowest BCUT2D eigenvalue weighted by atomic mass is 9.68. The van der Waals surface area contributed by atoms with Crippen LogP contribution in [0.2, 0.25) is 0 Å². The minimum absolute atomic E-state index is 0.0822. The van der Waals surface area contributed by atoms with Crippen LogP contribution in [0.1, 0.15) is 86.8 Å². The molecule has 4 nitrogen and oxygen atoms in total. The van der Waals surface area contributed by atoms with E-state index in [0.29, 0.717) is 6.04 Å². The van der Waals surface area contributed by atoms with E-state index in [1.807, 2.05) is 19.4 Å². The van der Waals surface area contributed by atoms with Crippen LogP contribution in [0.3, 0.4) is 0 Å². The van der Waals surface area contributed by atoms with Crippen LogP contribution in [0.5, 0.6) is 0 Å². The highest BCUT2D eigenvalue weighted by molar-refractivity contribution is 5.34. The molecule has 1 spiro atoms. The van der Waals surface area contributed by atoms with Crippen molar-refractivity contribution in [2.24, 2.45) is 0 Å². The summed E-state index contributed by atoms with van der Waals surface area (Å²) >= 11 is 0. The number of ether oxygens (including phenoxy) is 2. The average Bonchev–Trinajstić information content (AvgIpc) is 3.27. The molecule has 0 unspecified atom stereocenters. The molecule has 1 saturated carbocycles. The fourth-order valence-corrected chi connectivity index (χ4v) is 6.49. The van der Waals surface area contributed by atoms with E-state index >= 15 is 0 Å². The molecule has 0 amide bonds. The quantitative estimate of drug-likeness (QED) is 0.656. The summed E-state index contributed by atoms with van der Waals surface area (Å²) in [6, 6.07) is 15.6. The van der Waals surface area contributed by atoms with Gasteiger partial charge in [-0.05, 0) is 74.8 Å². The van der Waals surface area contributed by atoms with Gasteiger partial charge < -0.3 is 14.8 Å². The maximum Gasteiger partial charge on any atom is 0.0825 e. The van der Waals surface area contributed by atoms with E-state index < -0.39 is 0 Å². The van der Waals surface area contributed by atoms with Crippen LogP contribution in [0.25, 0.3) is 0 Å². The Kier molecular flexibility index (Phi) is 6.14. The molecule has 3 atom stereocenters. The van der Waals surface area contributed by atoms with Crippen LogP contribution in [-0.4, -0.2) is 30.8 Å². The Labute approximate surface area is 186 Å². The van der Waals surface area contributed by atoms with Gasteiger partial charge in [0.2, 0.25) is 0 Å². The van der Waals surface area contributed by atoms with Gasteiger partial charge in [-0.1, -0.05) is 43.2 Å². The maximum absolute atomic E-state index is 6.41. The molecule has 2 heterocycles. The van der Waals surface area contributed by atoms with Crippen molar-refractivity contribution >= 4 is 0 Å². The van der Waals surface area contributed by atoms with Crippen LogP contribution in [0, 0.1) is 0 Å². The molecule has 1 N–H and O–H groups in total. The minimum Gasteiger partial charge on any atom is -0.377 e. The van der Waals surface area contributed by atoms with Gasteiger partial charge in [0.15, 0.2) is 0 Å². The molecule has 1 saturated heterocycles. The number of methoxy groups -OCH3 is 1. The Hall–Kier alpha value is -1.75. The summed E-state index contributed by atoms with van der Waals surface area (Å²) in [7, 11) is 1.83. The first-order valence-electron chi connectivity index (χ1n) is 12.1. The second-order valence-corrected chi connectivity index (χ2v) is 9.85. The summed E-state index contributed by atoms with van der Waals surface area (Å²) in [5.74, 6) is 0. The molecule has 0 bridgehead atoms. The van der Waals surface area contributed by atoms with Crippen molar-refractivity contribution in [3.05, 3.63) is 65.5 Å². The number of nitrogens with zero attached hydrogens (tertiary/aromatic N) is 1. The van der Waals surface area contributed by atoms with E-state index in [0.717, 1.165) is 45.3 Å². The van der Waals surface area contributed by atoms with Crippen molar-refractivity contribution in [3.8, 4) is 0 Å². The summed E-state index contributed by atoms with van der Waals surface area (Å²) in [6.07, 6.45) is 12.7. The number of rotatable bonds is 6. The highest BCUT2D eigenvalue weighted by atomic mass is 16.5. The van der Waals surface area contributed by atoms with Crippen LogP contribution in [-0.2, 0) is 14.9 Å². The Morgan fingerprint density at radius 1 is 1.03 bits per heavy atom. The van der Waals surface area contributed by atoms with Crippen molar-refractivity contribution in [1.29, 1.82) is 0 Å². The van der Waals surface area contributed by atoms with Gasteiger partial charge in [-0.3, -0.25) is 4.98 Å². The van der Waals surface area contributed by atoms with Gasteiger partial charge in [-0.2, -0.15) is 0 Å². The molecule has 166 valence electrons. The smallest absolute Gasteiger partial charge is 0.0825 e. The lowest BCUT2D eigenvalue weighted by Crippen LogP contribution is -2.47. The van der Waals surface area contributed by atoms with Gasteiger partial charge >= 0.3 is 0 Å². The van der Waals surface area contributed by atoms with Crippen molar-refractivity contribution in [3.63, 3.8) is 0 Å². The highest BCUT2D eigenvalue weighted by Gasteiger charge is 2.48. The SMILES string of the molecule is CO[C@@H]1CC[C@H](NCC[C@@]2(c3ccccn3)CCOC3(CCCC3)C2)c2ccccc21. The zero-order valence-electron chi connectivity index (χ0n) is 18.8. The number of aromatic nitrogens is 1. The van der Waals surface area contributed by atoms with Crippen molar-refractivity contribution in [1.82, 2.24) is 10.3 Å². The number of fused-ring (bicyclic) bond motifs is 1. The fraction of sp³-hybridized carbons (Fsp3) is 0.593. The Morgan fingerprint density at radius 3 is 2.61 bits per heavy atom. The predicted molar refractivity (Wildman–Crippen MR) is 123 cm³/mol. The topological polar surface area (TPSA) is 43.4 Å². The van der Waals surface area contributed by atoms with E-state index in [2.05, 4.69) is 41.7 Å². The van der Waals surface area contributed by atoms with Crippen LogP contribution in [0.15, 0.2) is 48.7 Å². The number of hydrogen-bond donors (Lipinski definition) is 1. The van der Waals surface area contributed by atoms with Gasteiger partial charge in [0.1, 0.15) is 0 Å². The van der Waals surface area contributed by atoms with Crippen LogP contribution < -0.4 is 5.32 Å². The molecule has 3 aliphatic rings. The molecule has 2 aliphatic carbocycles. The monoisotopic (exact) mass is 420 g/mol. The second kappa shape index (κ2) is 9.01.